The van der Waals surface area contributed by atoms with Crippen molar-refractivity contribution in [2.45, 2.75) is 25.3 Å². The molecule has 0 aliphatic carbocycles. The smallest absolute Gasteiger partial charge is 0.0509 e. The van der Waals surface area contributed by atoms with Crippen molar-refractivity contribution >= 4 is 10.9 Å². The number of benzene rings is 1. The summed E-state index contributed by atoms with van der Waals surface area (Å²) in [5, 5.41) is 1.45. The van der Waals surface area contributed by atoms with Gasteiger partial charge in [-0.1, -0.05) is 18.2 Å². The molecule has 2 fully saturated rings. The highest BCUT2D eigenvalue weighted by molar-refractivity contribution is 5.85. The Morgan fingerprint density at radius 3 is 3.14 bits per heavy atom. The zero-order valence-electron chi connectivity index (χ0n) is 12.3. The van der Waals surface area contributed by atoms with E-state index in [-0.39, 0.29) is 0 Å². The molecule has 2 saturated heterocycles. The van der Waals surface area contributed by atoms with Crippen molar-refractivity contribution in [1.82, 2.24) is 9.88 Å². The maximum Gasteiger partial charge on any atom is 0.0509 e. The van der Waals surface area contributed by atoms with E-state index in [1.165, 1.54) is 48.9 Å². The lowest BCUT2D eigenvalue weighted by Gasteiger charge is -2.47. The van der Waals surface area contributed by atoms with E-state index in [1.807, 2.05) is 0 Å². The van der Waals surface area contributed by atoms with Crippen LogP contribution in [-0.2, 0) is 11.2 Å². The van der Waals surface area contributed by atoms with Gasteiger partial charge in [0.15, 0.2) is 0 Å². The lowest BCUT2D eigenvalue weighted by Crippen LogP contribution is -2.48. The third-order valence-electron chi connectivity index (χ3n) is 5.90. The minimum Gasteiger partial charge on any atom is -0.381 e. The monoisotopic (exact) mass is 282 g/mol. The summed E-state index contributed by atoms with van der Waals surface area (Å²) in [6.07, 6.45) is 3.76. The second-order valence-corrected chi connectivity index (χ2v) is 6.94. The zero-order valence-corrected chi connectivity index (χ0v) is 12.3. The first kappa shape index (κ1) is 12.2. The van der Waals surface area contributed by atoms with Gasteiger partial charge in [0.25, 0.3) is 0 Å². The highest BCUT2D eigenvalue weighted by Gasteiger charge is 2.41. The molecule has 3 nitrogen and oxygen atoms in total. The number of H-pyrrole nitrogens is 1. The Morgan fingerprint density at radius 1 is 1.19 bits per heavy atom. The van der Waals surface area contributed by atoms with Crippen LogP contribution in [0.2, 0.25) is 0 Å². The van der Waals surface area contributed by atoms with Crippen molar-refractivity contribution in [1.29, 1.82) is 0 Å². The molecule has 0 amide bonds. The van der Waals surface area contributed by atoms with Gasteiger partial charge in [0.05, 0.1) is 12.6 Å². The Kier molecular flexibility index (Phi) is 2.67. The fourth-order valence-corrected chi connectivity index (χ4v) is 4.80. The lowest BCUT2D eigenvalue weighted by atomic mass is 9.76. The van der Waals surface area contributed by atoms with E-state index in [9.17, 15) is 0 Å². The molecule has 0 saturated carbocycles. The van der Waals surface area contributed by atoms with Gasteiger partial charge in [0.2, 0.25) is 0 Å². The van der Waals surface area contributed by atoms with Gasteiger partial charge in [-0.2, -0.15) is 0 Å². The molecule has 0 spiro atoms. The third-order valence-corrected chi connectivity index (χ3v) is 5.90. The predicted molar refractivity (Wildman–Crippen MR) is 83.3 cm³/mol. The Labute approximate surface area is 125 Å². The Bertz CT molecular complexity index is 677. The van der Waals surface area contributed by atoms with Crippen LogP contribution in [0.3, 0.4) is 0 Å². The third kappa shape index (κ3) is 1.80. The number of nitrogens with one attached hydrogen (secondary N) is 1. The fourth-order valence-electron chi connectivity index (χ4n) is 4.80. The number of rotatable bonds is 0. The van der Waals surface area contributed by atoms with Gasteiger partial charge in [-0.3, -0.25) is 4.90 Å². The van der Waals surface area contributed by atoms with Crippen molar-refractivity contribution < 1.29 is 4.74 Å². The molecular weight excluding hydrogens is 260 g/mol. The van der Waals surface area contributed by atoms with Crippen LogP contribution in [0.1, 0.15) is 30.1 Å². The van der Waals surface area contributed by atoms with Crippen LogP contribution in [0.25, 0.3) is 10.9 Å². The van der Waals surface area contributed by atoms with E-state index in [0.717, 1.165) is 25.0 Å². The second kappa shape index (κ2) is 4.59. The average Bonchev–Trinajstić information content (AvgIpc) is 2.92. The summed E-state index contributed by atoms with van der Waals surface area (Å²) in [6.45, 7) is 4.38. The van der Waals surface area contributed by atoms with Crippen LogP contribution < -0.4 is 0 Å². The van der Waals surface area contributed by atoms with Gasteiger partial charge in [-0.05, 0) is 42.7 Å². The lowest BCUT2D eigenvalue weighted by molar-refractivity contribution is -0.0473. The largest absolute Gasteiger partial charge is 0.381 e. The minimum atomic E-state index is 0.612. The number of piperidine rings is 1. The van der Waals surface area contributed by atoms with Crippen LogP contribution in [-0.4, -0.2) is 36.2 Å². The summed E-state index contributed by atoms with van der Waals surface area (Å²) >= 11 is 0. The van der Waals surface area contributed by atoms with Gasteiger partial charge in [-0.25, -0.2) is 0 Å². The maximum absolute atomic E-state index is 5.70. The molecule has 5 rings (SSSR count). The summed E-state index contributed by atoms with van der Waals surface area (Å²) in [6, 6.07) is 9.41. The van der Waals surface area contributed by atoms with E-state index in [2.05, 4.69) is 34.1 Å². The first-order valence-corrected chi connectivity index (χ1v) is 8.31. The minimum absolute atomic E-state index is 0.612. The number of nitrogens with zero attached hydrogens (tertiary/aromatic N) is 1. The first-order chi connectivity index (χ1) is 10.4. The van der Waals surface area contributed by atoms with Crippen LogP contribution in [0.15, 0.2) is 24.3 Å². The molecule has 4 heterocycles. The molecule has 21 heavy (non-hydrogen) atoms. The second-order valence-electron chi connectivity index (χ2n) is 6.94. The summed E-state index contributed by atoms with van der Waals surface area (Å²) in [7, 11) is 0. The number of para-hydroxylation sites is 1. The van der Waals surface area contributed by atoms with Crippen LogP contribution in [0, 0.1) is 11.8 Å². The van der Waals surface area contributed by atoms with E-state index in [4.69, 9.17) is 4.74 Å². The van der Waals surface area contributed by atoms with E-state index < -0.39 is 0 Å². The number of aromatic nitrogens is 1. The number of aromatic amines is 1. The SMILES string of the molecule is c1ccc2c3c([nH]c2c1)[C@@H]1C[C@@H]2CCOC[C@H]2CN1CC3. The quantitative estimate of drug-likeness (QED) is 0.804. The maximum atomic E-state index is 5.70. The summed E-state index contributed by atoms with van der Waals surface area (Å²) in [5.41, 5.74) is 4.41. The highest BCUT2D eigenvalue weighted by Crippen LogP contribution is 2.44. The zero-order chi connectivity index (χ0) is 13.8. The summed E-state index contributed by atoms with van der Waals surface area (Å²) in [5.74, 6) is 1.62. The van der Waals surface area contributed by atoms with Crippen molar-refractivity contribution in [3.63, 3.8) is 0 Å². The van der Waals surface area contributed by atoms with Gasteiger partial charge < -0.3 is 9.72 Å². The fraction of sp³-hybridized carbons (Fsp3) is 0.556. The highest BCUT2D eigenvalue weighted by atomic mass is 16.5. The van der Waals surface area contributed by atoms with Crippen molar-refractivity contribution in [3.8, 4) is 0 Å². The predicted octanol–water partition coefficient (Wildman–Crippen LogP) is 3.12. The molecule has 2 aromatic rings. The average molecular weight is 282 g/mol. The normalized spacial score (nSPS) is 32.5. The van der Waals surface area contributed by atoms with E-state index >= 15 is 0 Å². The summed E-state index contributed by atoms with van der Waals surface area (Å²) in [4.78, 5) is 6.44. The molecule has 1 N–H and O–H groups in total. The van der Waals surface area contributed by atoms with Crippen molar-refractivity contribution in [2.75, 3.05) is 26.3 Å². The number of hydrogen-bond donors (Lipinski definition) is 1. The van der Waals surface area contributed by atoms with E-state index in [0.29, 0.717) is 6.04 Å². The van der Waals surface area contributed by atoms with Crippen LogP contribution in [0.4, 0.5) is 0 Å². The molecule has 0 bridgehead atoms. The molecule has 1 aromatic heterocycles. The van der Waals surface area contributed by atoms with Crippen LogP contribution >= 0.6 is 0 Å². The number of ether oxygens (including phenoxy) is 1. The molecule has 3 aliphatic rings. The van der Waals surface area contributed by atoms with Crippen LogP contribution in [0.5, 0.6) is 0 Å². The molecule has 0 radical (unpaired) electrons. The van der Waals surface area contributed by atoms with Gasteiger partial charge in [0, 0.05) is 36.3 Å². The first-order valence-electron chi connectivity index (χ1n) is 8.31. The van der Waals surface area contributed by atoms with Gasteiger partial charge >= 0.3 is 0 Å². The molecule has 0 unspecified atom stereocenters. The molecule has 110 valence electrons. The number of hydrogen-bond acceptors (Lipinski definition) is 2. The standard InChI is InChI=1S/C18H22N2O/c1-2-4-16-14(3-1)15-5-7-20-10-13-11-21-8-6-12(13)9-17(20)18(15)19-16/h1-4,12-13,17,19H,5-11H2/t12-,13+,17-/m0/s1. The summed E-state index contributed by atoms with van der Waals surface area (Å²) < 4.78 is 5.70. The molecule has 3 heteroatoms. The van der Waals surface area contributed by atoms with Gasteiger partial charge in [-0.15, -0.1) is 0 Å². The topological polar surface area (TPSA) is 28.3 Å². The molecule has 1 aromatic carbocycles. The van der Waals surface area contributed by atoms with E-state index in [1.54, 1.807) is 5.56 Å². The molecular formula is C18H22N2O. The Hall–Kier alpha value is -1.32. The molecule has 3 aliphatic heterocycles. The molecule has 3 atom stereocenters. The van der Waals surface area contributed by atoms with Gasteiger partial charge in [0.1, 0.15) is 0 Å². The Balaban J connectivity index is 1.56. The Morgan fingerprint density at radius 2 is 2.14 bits per heavy atom. The van der Waals surface area contributed by atoms with Crippen molar-refractivity contribution in [2.24, 2.45) is 11.8 Å². The van der Waals surface area contributed by atoms with Crippen molar-refractivity contribution in [3.05, 3.63) is 35.5 Å². The number of fused-ring (bicyclic) bond motifs is 6.